The van der Waals surface area contributed by atoms with Crippen molar-refractivity contribution in [2.45, 2.75) is 6.10 Å². The molecule has 3 N–H and O–H groups in total. The number of rotatable bonds is 3. The number of thiazole rings is 1. The predicted molar refractivity (Wildman–Crippen MR) is 95.9 cm³/mol. The molecule has 4 rings (SSSR count). The van der Waals surface area contributed by atoms with Crippen LogP contribution in [0.25, 0.3) is 22.1 Å². The monoisotopic (exact) mass is 350 g/mol. The number of hydrogen-bond donors (Lipinski definition) is 2. The first kappa shape index (κ1) is 15.5. The number of aliphatic hydroxyl groups excluding tert-OH is 1. The van der Waals surface area contributed by atoms with Gasteiger partial charge in [-0.15, -0.1) is 11.3 Å². The van der Waals surface area contributed by atoms with Crippen LogP contribution < -0.4 is 10.6 Å². The molecular weight excluding hydrogens is 336 g/mol. The number of β-amino-alcohol motifs (C(OH)–C–C–N with tert-alkyl or cyclic N) is 1. The first-order valence-corrected chi connectivity index (χ1v) is 8.54. The van der Waals surface area contributed by atoms with E-state index < -0.39 is 0 Å². The van der Waals surface area contributed by atoms with Gasteiger partial charge in [0.1, 0.15) is 33.8 Å². The van der Waals surface area contributed by atoms with Crippen molar-refractivity contribution in [3.05, 3.63) is 41.4 Å². The molecule has 0 unspecified atom stereocenters. The highest BCUT2D eigenvalue weighted by molar-refractivity contribution is 7.13. The lowest BCUT2D eigenvalue weighted by atomic mass is 10.1. The van der Waals surface area contributed by atoms with Gasteiger partial charge in [0.25, 0.3) is 0 Å². The zero-order valence-electron chi connectivity index (χ0n) is 13.1. The van der Waals surface area contributed by atoms with Crippen molar-refractivity contribution < 1.29 is 5.11 Å². The van der Waals surface area contributed by atoms with E-state index in [0.29, 0.717) is 41.4 Å². The lowest BCUT2D eigenvalue weighted by Crippen LogP contribution is -2.51. The molecule has 0 radical (unpaired) electrons. The van der Waals surface area contributed by atoms with E-state index in [1.807, 2.05) is 22.4 Å². The number of nitrogens with zero attached hydrogens (tertiary/aromatic N) is 5. The Bertz CT molecular complexity index is 960. The van der Waals surface area contributed by atoms with Crippen molar-refractivity contribution >= 4 is 22.8 Å². The molecule has 7 nitrogen and oxygen atoms in total. The van der Waals surface area contributed by atoms with Crippen molar-refractivity contribution in [3.8, 4) is 28.2 Å². The van der Waals surface area contributed by atoms with Crippen LogP contribution in [0.15, 0.2) is 35.8 Å². The minimum absolute atomic E-state index is 0.300. The van der Waals surface area contributed by atoms with E-state index in [0.717, 1.165) is 10.8 Å². The maximum atomic E-state index is 9.50. The maximum Gasteiger partial charge on any atom is 0.141 e. The Hall–Kier alpha value is -3.02. The van der Waals surface area contributed by atoms with Gasteiger partial charge in [0, 0.05) is 24.7 Å². The fraction of sp³-hybridized carbons (Fsp3) is 0.176. The molecule has 1 saturated heterocycles. The summed E-state index contributed by atoms with van der Waals surface area (Å²) in [5, 5.41) is 21.6. The second-order valence-electron chi connectivity index (χ2n) is 5.71. The van der Waals surface area contributed by atoms with Crippen LogP contribution in [0.5, 0.6) is 0 Å². The molecular formula is C17H14N6OS. The summed E-state index contributed by atoms with van der Waals surface area (Å²) in [5.74, 6) is 0.742. The van der Waals surface area contributed by atoms with Crippen molar-refractivity contribution in [2.75, 3.05) is 23.7 Å². The SMILES string of the molecule is N#Cc1c(N)cc(-c2nccs2)nc1-c1cccc(N2CC(O)C2)n1. The Kier molecular flexibility index (Phi) is 3.80. The number of nitriles is 1. The molecule has 0 spiro atoms. The molecule has 25 heavy (non-hydrogen) atoms. The Morgan fingerprint density at radius 3 is 2.80 bits per heavy atom. The number of nitrogens with two attached hydrogens (primary N) is 1. The van der Waals surface area contributed by atoms with E-state index >= 15 is 0 Å². The normalized spacial score (nSPS) is 14.2. The van der Waals surface area contributed by atoms with Crippen molar-refractivity contribution in [1.29, 1.82) is 5.26 Å². The van der Waals surface area contributed by atoms with Crippen LogP contribution in [0.3, 0.4) is 0 Å². The Balaban J connectivity index is 1.81. The minimum Gasteiger partial charge on any atom is -0.398 e. The third-order valence-corrected chi connectivity index (χ3v) is 4.77. The van der Waals surface area contributed by atoms with E-state index in [1.54, 1.807) is 18.3 Å². The fourth-order valence-electron chi connectivity index (χ4n) is 2.70. The molecule has 0 aliphatic carbocycles. The Morgan fingerprint density at radius 1 is 1.28 bits per heavy atom. The molecule has 0 aromatic carbocycles. The summed E-state index contributed by atoms with van der Waals surface area (Å²) in [6.45, 7) is 1.10. The summed E-state index contributed by atoms with van der Waals surface area (Å²) in [6.07, 6.45) is 1.38. The largest absolute Gasteiger partial charge is 0.398 e. The van der Waals surface area contributed by atoms with Gasteiger partial charge in [0.15, 0.2) is 0 Å². The fourth-order valence-corrected chi connectivity index (χ4v) is 3.30. The van der Waals surface area contributed by atoms with Crippen LogP contribution >= 0.6 is 11.3 Å². The molecule has 1 fully saturated rings. The number of pyridine rings is 2. The summed E-state index contributed by atoms with van der Waals surface area (Å²) < 4.78 is 0. The highest BCUT2D eigenvalue weighted by Gasteiger charge is 2.26. The average Bonchev–Trinajstić information content (AvgIpc) is 3.13. The molecule has 1 aliphatic rings. The van der Waals surface area contributed by atoms with Crippen LogP contribution in [-0.4, -0.2) is 39.3 Å². The average molecular weight is 350 g/mol. The Morgan fingerprint density at radius 2 is 2.12 bits per heavy atom. The lowest BCUT2D eigenvalue weighted by molar-refractivity contribution is 0.141. The molecule has 0 amide bonds. The van der Waals surface area contributed by atoms with E-state index in [2.05, 4.69) is 21.0 Å². The highest BCUT2D eigenvalue weighted by Crippen LogP contribution is 2.31. The quantitative estimate of drug-likeness (QED) is 0.742. The zero-order valence-corrected chi connectivity index (χ0v) is 13.9. The predicted octanol–water partition coefficient (Wildman–Crippen LogP) is 1.90. The molecule has 3 aromatic heterocycles. The third kappa shape index (κ3) is 2.80. The molecule has 4 heterocycles. The summed E-state index contributed by atoms with van der Waals surface area (Å²) in [7, 11) is 0. The van der Waals surface area contributed by atoms with Crippen LogP contribution in [-0.2, 0) is 0 Å². The molecule has 0 bridgehead atoms. The lowest BCUT2D eigenvalue weighted by Gasteiger charge is -2.36. The first-order valence-electron chi connectivity index (χ1n) is 7.66. The minimum atomic E-state index is -0.317. The van der Waals surface area contributed by atoms with Gasteiger partial charge in [-0.05, 0) is 18.2 Å². The van der Waals surface area contributed by atoms with Crippen LogP contribution in [0.1, 0.15) is 5.56 Å². The van der Waals surface area contributed by atoms with Gasteiger partial charge in [-0.3, -0.25) is 0 Å². The number of aromatic nitrogens is 3. The van der Waals surface area contributed by atoms with Gasteiger partial charge in [-0.2, -0.15) is 5.26 Å². The second-order valence-corrected chi connectivity index (χ2v) is 6.60. The van der Waals surface area contributed by atoms with Crippen LogP contribution in [0.2, 0.25) is 0 Å². The van der Waals surface area contributed by atoms with Gasteiger partial charge in [0.2, 0.25) is 0 Å². The summed E-state index contributed by atoms with van der Waals surface area (Å²) in [5.41, 5.74) is 8.35. The first-order chi connectivity index (χ1) is 12.2. The maximum absolute atomic E-state index is 9.50. The van der Waals surface area contributed by atoms with E-state index in [-0.39, 0.29) is 6.10 Å². The van der Waals surface area contributed by atoms with E-state index in [9.17, 15) is 10.4 Å². The van der Waals surface area contributed by atoms with E-state index in [1.165, 1.54) is 11.3 Å². The number of anilines is 2. The van der Waals surface area contributed by atoms with Crippen LogP contribution in [0.4, 0.5) is 11.5 Å². The van der Waals surface area contributed by atoms with E-state index in [4.69, 9.17) is 5.73 Å². The van der Waals surface area contributed by atoms with Gasteiger partial charge >= 0.3 is 0 Å². The van der Waals surface area contributed by atoms with Gasteiger partial charge in [-0.25, -0.2) is 15.0 Å². The molecule has 3 aromatic rings. The topological polar surface area (TPSA) is 112 Å². The molecule has 1 aliphatic heterocycles. The number of nitrogen functional groups attached to an aromatic ring is 1. The van der Waals surface area contributed by atoms with Gasteiger partial charge < -0.3 is 15.7 Å². The number of hydrogen-bond acceptors (Lipinski definition) is 8. The second kappa shape index (κ2) is 6.12. The van der Waals surface area contributed by atoms with Gasteiger partial charge in [-0.1, -0.05) is 6.07 Å². The molecule has 8 heteroatoms. The molecule has 0 atom stereocenters. The molecule has 124 valence electrons. The standard InChI is InChI=1S/C17H14N6OS/c18-7-11-12(19)6-14(17-20-4-5-25-17)22-16(11)13-2-1-3-15(21-13)23-8-10(24)9-23/h1-6,10,24H,8-9H2,(H2,19,22). The third-order valence-electron chi connectivity index (χ3n) is 3.98. The van der Waals surface area contributed by atoms with Gasteiger partial charge in [0.05, 0.1) is 17.5 Å². The number of aliphatic hydroxyl groups is 1. The van der Waals surface area contributed by atoms with Crippen molar-refractivity contribution in [1.82, 2.24) is 15.0 Å². The molecule has 0 saturated carbocycles. The smallest absolute Gasteiger partial charge is 0.141 e. The van der Waals surface area contributed by atoms with Crippen molar-refractivity contribution in [2.24, 2.45) is 0 Å². The summed E-state index contributed by atoms with van der Waals surface area (Å²) in [6, 6.07) is 9.31. The Labute approximate surface area is 148 Å². The van der Waals surface area contributed by atoms with Crippen molar-refractivity contribution in [3.63, 3.8) is 0 Å². The highest BCUT2D eigenvalue weighted by atomic mass is 32.1. The van der Waals surface area contributed by atoms with Crippen LogP contribution in [0, 0.1) is 11.3 Å². The zero-order chi connectivity index (χ0) is 17.4. The summed E-state index contributed by atoms with van der Waals surface area (Å²) in [4.78, 5) is 15.4. The summed E-state index contributed by atoms with van der Waals surface area (Å²) >= 11 is 1.45.